The third-order valence-corrected chi connectivity index (χ3v) is 2.44. The van der Waals surface area contributed by atoms with Gasteiger partial charge in [-0.05, 0) is 13.0 Å². The van der Waals surface area contributed by atoms with Crippen LogP contribution in [0.5, 0.6) is 17.2 Å². The van der Waals surface area contributed by atoms with Gasteiger partial charge in [-0.3, -0.25) is 4.79 Å². The summed E-state index contributed by atoms with van der Waals surface area (Å²) in [4.78, 5) is 11.9. The zero-order valence-corrected chi connectivity index (χ0v) is 11.1. The smallest absolute Gasteiger partial charge is 0.192 e. The molecule has 0 aliphatic carbocycles. The van der Waals surface area contributed by atoms with Crippen molar-refractivity contribution >= 4 is 5.78 Å². The number of methoxy groups -OCH3 is 3. The summed E-state index contributed by atoms with van der Waals surface area (Å²) in [7, 11) is 4.54. The van der Waals surface area contributed by atoms with Crippen LogP contribution in [0.4, 0.5) is 0 Å². The highest BCUT2D eigenvalue weighted by atomic mass is 16.5. The van der Waals surface area contributed by atoms with Gasteiger partial charge in [-0.2, -0.15) is 0 Å². The number of hydrogen-bond donors (Lipinski definition) is 0. The van der Waals surface area contributed by atoms with Gasteiger partial charge in [0.25, 0.3) is 0 Å². The number of carbonyl (C=O) groups excluding carboxylic acids is 1. The van der Waals surface area contributed by atoms with Crippen LogP contribution in [-0.2, 0) is 4.74 Å². The van der Waals surface area contributed by atoms with Crippen molar-refractivity contribution < 1.29 is 23.7 Å². The molecule has 0 N–H and O–H groups in total. The number of ketones is 1. The van der Waals surface area contributed by atoms with E-state index in [2.05, 4.69) is 0 Å². The van der Waals surface area contributed by atoms with Gasteiger partial charge < -0.3 is 18.9 Å². The molecule has 0 heterocycles. The second-order valence-corrected chi connectivity index (χ2v) is 3.47. The predicted octanol–water partition coefficient (Wildman–Crippen LogP) is 1.93. The number of carbonyl (C=O) groups is 1. The van der Waals surface area contributed by atoms with Crippen molar-refractivity contribution in [1.82, 2.24) is 0 Å². The van der Waals surface area contributed by atoms with Crippen molar-refractivity contribution in [3.8, 4) is 17.2 Å². The molecule has 0 atom stereocenters. The largest absolute Gasteiger partial charge is 0.496 e. The topological polar surface area (TPSA) is 54.0 Å². The molecular formula is C13H18O5. The fourth-order valence-corrected chi connectivity index (χ4v) is 1.52. The second kappa shape index (κ2) is 6.86. The molecule has 0 bridgehead atoms. The Bertz CT molecular complexity index is 414. The molecule has 0 aliphatic rings. The number of benzene rings is 1. The molecule has 0 unspecified atom stereocenters. The fraction of sp³-hybridized carbons (Fsp3) is 0.462. The van der Waals surface area contributed by atoms with E-state index >= 15 is 0 Å². The Morgan fingerprint density at radius 1 is 1.00 bits per heavy atom. The van der Waals surface area contributed by atoms with Crippen LogP contribution in [0.15, 0.2) is 12.1 Å². The van der Waals surface area contributed by atoms with E-state index in [1.165, 1.54) is 21.3 Å². The minimum atomic E-state index is -0.158. The molecule has 5 heteroatoms. The van der Waals surface area contributed by atoms with Gasteiger partial charge in [-0.25, -0.2) is 0 Å². The van der Waals surface area contributed by atoms with Crippen molar-refractivity contribution in [2.24, 2.45) is 0 Å². The minimum absolute atomic E-state index is 0.0162. The quantitative estimate of drug-likeness (QED) is 0.696. The third kappa shape index (κ3) is 3.13. The van der Waals surface area contributed by atoms with Crippen molar-refractivity contribution in [3.05, 3.63) is 17.7 Å². The average Bonchev–Trinajstić information content (AvgIpc) is 2.42. The monoisotopic (exact) mass is 254 g/mol. The summed E-state index contributed by atoms with van der Waals surface area (Å²) in [6, 6.07) is 3.22. The van der Waals surface area contributed by atoms with E-state index in [0.29, 0.717) is 29.4 Å². The Morgan fingerprint density at radius 2 is 1.56 bits per heavy atom. The lowest BCUT2D eigenvalue weighted by atomic mass is 10.1. The number of ether oxygens (including phenoxy) is 4. The van der Waals surface area contributed by atoms with Crippen LogP contribution < -0.4 is 14.2 Å². The number of rotatable bonds is 7. The highest BCUT2D eigenvalue weighted by molar-refractivity contribution is 6.00. The van der Waals surface area contributed by atoms with Gasteiger partial charge in [0.2, 0.25) is 0 Å². The lowest BCUT2D eigenvalue weighted by Crippen LogP contribution is -2.11. The summed E-state index contributed by atoms with van der Waals surface area (Å²) < 4.78 is 20.6. The van der Waals surface area contributed by atoms with Gasteiger partial charge in [0, 0.05) is 12.7 Å². The summed E-state index contributed by atoms with van der Waals surface area (Å²) in [5.41, 5.74) is 0.420. The average molecular weight is 254 g/mol. The molecule has 0 radical (unpaired) electrons. The Kier molecular flexibility index (Phi) is 5.45. The Labute approximate surface area is 107 Å². The lowest BCUT2D eigenvalue weighted by molar-refractivity contribution is 0.0780. The third-order valence-electron chi connectivity index (χ3n) is 2.44. The summed E-state index contributed by atoms with van der Waals surface area (Å²) in [5, 5.41) is 0. The van der Waals surface area contributed by atoms with E-state index in [-0.39, 0.29) is 12.4 Å². The van der Waals surface area contributed by atoms with E-state index < -0.39 is 0 Å². The molecule has 100 valence electrons. The second-order valence-electron chi connectivity index (χ2n) is 3.47. The van der Waals surface area contributed by atoms with E-state index in [1.807, 2.05) is 6.92 Å². The number of hydrogen-bond acceptors (Lipinski definition) is 5. The molecule has 1 aromatic carbocycles. The molecule has 0 amide bonds. The highest BCUT2D eigenvalue weighted by Gasteiger charge is 2.17. The Hall–Kier alpha value is -1.75. The predicted molar refractivity (Wildman–Crippen MR) is 66.9 cm³/mol. The van der Waals surface area contributed by atoms with Crippen LogP contribution in [0.2, 0.25) is 0 Å². The minimum Gasteiger partial charge on any atom is -0.496 e. The van der Waals surface area contributed by atoms with Crippen molar-refractivity contribution in [2.45, 2.75) is 6.92 Å². The molecule has 0 saturated carbocycles. The first kappa shape index (κ1) is 14.3. The molecule has 1 rings (SSSR count). The normalized spacial score (nSPS) is 10.0. The standard InChI is InChI=1S/C13H18O5/c1-5-18-8-10(14)9-6-12(16-3)13(17-4)7-11(9)15-2/h6-7H,5,8H2,1-4H3. The molecule has 18 heavy (non-hydrogen) atoms. The van der Waals surface area contributed by atoms with Crippen LogP contribution in [0, 0.1) is 0 Å². The Morgan fingerprint density at radius 3 is 2.06 bits per heavy atom. The van der Waals surface area contributed by atoms with Crippen LogP contribution >= 0.6 is 0 Å². The van der Waals surface area contributed by atoms with Crippen molar-refractivity contribution in [3.63, 3.8) is 0 Å². The van der Waals surface area contributed by atoms with Gasteiger partial charge in [0.1, 0.15) is 12.4 Å². The van der Waals surface area contributed by atoms with E-state index in [1.54, 1.807) is 12.1 Å². The van der Waals surface area contributed by atoms with Gasteiger partial charge in [0.05, 0.1) is 26.9 Å². The zero-order valence-electron chi connectivity index (χ0n) is 11.1. The molecule has 1 aromatic rings. The van der Waals surface area contributed by atoms with Crippen LogP contribution in [0.25, 0.3) is 0 Å². The maximum atomic E-state index is 11.9. The molecule has 0 aromatic heterocycles. The van der Waals surface area contributed by atoms with E-state index in [0.717, 1.165) is 0 Å². The highest BCUT2D eigenvalue weighted by Crippen LogP contribution is 2.34. The van der Waals surface area contributed by atoms with E-state index in [9.17, 15) is 4.79 Å². The first-order valence-corrected chi connectivity index (χ1v) is 5.58. The summed E-state index contributed by atoms with van der Waals surface area (Å²) in [6.45, 7) is 2.34. The SMILES string of the molecule is CCOCC(=O)c1cc(OC)c(OC)cc1OC. The van der Waals surface area contributed by atoms with Gasteiger partial charge in [0.15, 0.2) is 17.3 Å². The maximum Gasteiger partial charge on any atom is 0.192 e. The van der Waals surface area contributed by atoms with Crippen LogP contribution in [0.1, 0.15) is 17.3 Å². The van der Waals surface area contributed by atoms with Gasteiger partial charge >= 0.3 is 0 Å². The molecule has 0 saturated heterocycles. The molecular weight excluding hydrogens is 236 g/mol. The summed E-state index contributed by atoms with van der Waals surface area (Å²) >= 11 is 0. The van der Waals surface area contributed by atoms with Crippen LogP contribution in [-0.4, -0.2) is 40.3 Å². The van der Waals surface area contributed by atoms with Crippen molar-refractivity contribution in [2.75, 3.05) is 34.5 Å². The van der Waals surface area contributed by atoms with E-state index in [4.69, 9.17) is 18.9 Å². The fourth-order valence-electron chi connectivity index (χ4n) is 1.52. The summed E-state index contributed by atoms with van der Waals surface area (Å²) in [6.07, 6.45) is 0. The summed E-state index contributed by atoms with van der Waals surface area (Å²) in [5.74, 6) is 1.28. The van der Waals surface area contributed by atoms with Crippen LogP contribution in [0.3, 0.4) is 0 Å². The molecule has 0 fully saturated rings. The lowest BCUT2D eigenvalue weighted by Gasteiger charge is -2.13. The maximum absolute atomic E-state index is 11.9. The molecule has 5 nitrogen and oxygen atoms in total. The van der Waals surface area contributed by atoms with Gasteiger partial charge in [-0.1, -0.05) is 0 Å². The first-order valence-electron chi connectivity index (χ1n) is 5.58. The molecule has 0 aliphatic heterocycles. The molecule has 0 spiro atoms. The Balaban J connectivity index is 3.12. The zero-order chi connectivity index (χ0) is 13.5. The van der Waals surface area contributed by atoms with Gasteiger partial charge in [-0.15, -0.1) is 0 Å². The number of Topliss-reactive ketones (excluding diaryl/α,β-unsaturated/α-hetero) is 1. The first-order chi connectivity index (χ1) is 8.67. The van der Waals surface area contributed by atoms with Crippen molar-refractivity contribution in [1.29, 1.82) is 0 Å².